The van der Waals surface area contributed by atoms with Gasteiger partial charge in [0.25, 0.3) is 0 Å². The van der Waals surface area contributed by atoms with Crippen molar-refractivity contribution < 1.29 is 28.8 Å². The van der Waals surface area contributed by atoms with E-state index in [-0.39, 0.29) is 6.61 Å². The van der Waals surface area contributed by atoms with Gasteiger partial charge in [0.1, 0.15) is 24.9 Å². The van der Waals surface area contributed by atoms with E-state index in [9.17, 15) is 9.90 Å². The van der Waals surface area contributed by atoms with Crippen LogP contribution in [0.25, 0.3) is 0 Å². The number of esters is 1. The Bertz CT molecular complexity index is 514. The molecule has 2 saturated heterocycles. The van der Waals surface area contributed by atoms with Crippen molar-refractivity contribution in [3.8, 4) is 0 Å². The molecule has 1 aromatic rings. The third-order valence-corrected chi connectivity index (χ3v) is 3.50. The van der Waals surface area contributed by atoms with Crippen LogP contribution in [0.3, 0.4) is 0 Å². The summed E-state index contributed by atoms with van der Waals surface area (Å²) in [5.74, 6) is -1.23. The predicted octanol–water partition coefficient (Wildman–Crippen LogP) is 1.08. The summed E-state index contributed by atoms with van der Waals surface area (Å²) in [6.07, 6.45) is -2.72. The summed E-state index contributed by atoms with van der Waals surface area (Å²) in [5, 5.41) is 10.2. The molecule has 0 aliphatic carbocycles. The molecule has 0 bridgehead atoms. The Hall–Kier alpha value is -1.47. The Kier molecular flexibility index (Phi) is 3.71. The fourth-order valence-electron chi connectivity index (χ4n) is 2.51. The first kappa shape index (κ1) is 14.5. The molecular formula is C15H18O6. The van der Waals surface area contributed by atoms with Gasteiger partial charge in [0.2, 0.25) is 0 Å². The maximum atomic E-state index is 11.8. The van der Waals surface area contributed by atoms with Crippen LogP contribution in [-0.4, -0.2) is 48.1 Å². The zero-order chi connectivity index (χ0) is 15.0. The summed E-state index contributed by atoms with van der Waals surface area (Å²) >= 11 is 0. The second-order valence-corrected chi connectivity index (χ2v) is 5.60. The zero-order valence-corrected chi connectivity index (χ0v) is 11.9. The number of hydrogen-bond acceptors (Lipinski definition) is 6. The van der Waals surface area contributed by atoms with Gasteiger partial charge in [-0.1, -0.05) is 18.2 Å². The van der Waals surface area contributed by atoms with E-state index in [1.165, 1.54) is 0 Å². The van der Waals surface area contributed by atoms with Gasteiger partial charge in [-0.3, -0.25) is 0 Å². The highest BCUT2D eigenvalue weighted by Gasteiger charge is 2.54. The molecule has 6 heteroatoms. The van der Waals surface area contributed by atoms with Gasteiger partial charge < -0.3 is 24.1 Å². The first-order chi connectivity index (χ1) is 9.96. The molecule has 0 spiro atoms. The topological polar surface area (TPSA) is 74.2 Å². The Morgan fingerprint density at radius 2 is 2.00 bits per heavy atom. The van der Waals surface area contributed by atoms with Crippen LogP contribution in [-0.2, 0) is 18.9 Å². The van der Waals surface area contributed by atoms with E-state index in [1.54, 1.807) is 38.1 Å². The number of carbonyl (C=O) groups excluding carboxylic acids is 1. The number of carbonyl (C=O) groups is 1. The molecule has 4 atom stereocenters. The minimum absolute atomic E-state index is 0.0466. The van der Waals surface area contributed by atoms with Crippen LogP contribution in [0.15, 0.2) is 30.3 Å². The molecule has 0 aromatic heterocycles. The van der Waals surface area contributed by atoms with E-state index < -0.39 is 36.4 Å². The van der Waals surface area contributed by atoms with Crippen LogP contribution in [0.4, 0.5) is 0 Å². The summed E-state index contributed by atoms with van der Waals surface area (Å²) in [5.41, 5.74) is 0.457. The predicted molar refractivity (Wildman–Crippen MR) is 71.4 cm³/mol. The van der Waals surface area contributed by atoms with E-state index in [1.807, 2.05) is 6.07 Å². The lowest BCUT2D eigenvalue weighted by molar-refractivity contribution is -0.218. The maximum absolute atomic E-state index is 11.8. The highest BCUT2D eigenvalue weighted by atomic mass is 16.8. The average Bonchev–Trinajstić information content (AvgIpc) is 2.91. The molecule has 1 N–H and O–H groups in total. The van der Waals surface area contributed by atoms with Crippen LogP contribution in [0.1, 0.15) is 24.2 Å². The summed E-state index contributed by atoms with van der Waals surface area (Å²) in [4.78, 5) is 11.8. The Morgan fingerprint density at radius 3 is 2.67 bits per heavy atom. The lowest BCUT2D eigenvalue weighted by atomic mass is 10.1. The van der Waals surface area contributed by atoms with Crippen LogP contribution in [0.5, 0.6) is 0 Å². The van der Waals surface area contributed by atoms with Crippen molar-refractivity contribution in [1.82, 2.24) is 0 Å². The third kappa shape index (κ3) is 2.94. The molecule has 21 heavy (non-hydrogen) atoms. The second kappa shape index (κ2) is 5.38. The minimum atomic E-state index is -0.889. The van der Waals surface area contributed by atoms with Gasteiger partial charge in [-0.05, 0) is 26.0 Å². The molecule has 2 heterocycles. The molecule has 6 nitrogen and oxygen atoms in total. The van der Waals surface area contributed by atoms with E-state index in [2.05, 4.69) is 0 Å². The molecule has 3 rings (SSSR count). The van der Waals surface area contributed by atoms with E-state index in [4.69, 9.17) is 18.9 Å². The van der Waals surface area contributed by atoms with Gasteiger partial charge in [0.15, 0.2) is 12.1 Å². The lowest BCUT2D eigenvalue weighted by Gasteiger charge is -2.22. The van der Waals surface area contributed by atoms with Crippen molar-refractivity contribution in [3.05, 3.63) is 35.9 Å². The highest BCUT2D eigenvalue weighted by molar-refractivity contribution is 5.89. The molecular weight excluding hydrogens is 276 g/mol. The number of fused-ring (bicyclic) bond motifs is 1. The Morgan fingerprint density at radius 1 is 1.29 bits per heavy atom. The van der Waals surface area contributed by atoms with Crippen LogP contribution >= 0.6 is 0 Å². The second-order valence-electron chi connectivity index (χ2n) is 5.60. The Balaban J connectivity index is 1.55. The molecule has 1 aromatic carbocycles. The summed E-state index contributed by atoms with van der Waals surface area (Å²) < 4.78 is 21.8. The van der Waals surface area contributed by atoms with E-state index >= 15 is 0 Å². The van der Waals surface area contributed by atoms with Crippen molar-refractivity contribution >= 4 is 5.97 Å². The molecule has 2 fully saturated rings. The lowest BCUT2D eigenvalue weighted by Crippen LogP contribution is -2.37. The number of hydrogen-bond donors (Lipinski definition) is 1. The monoisotopic (exact) mass is 294 g/mol. The first-order valence-electron chi connectivity index (χ1n) is 6.88. The van der Waals surface area contributed by atoms with Crippen molar-refractivity contribution in [1.29, 1.82) is 0 Å². The Labute approximate surface area is 122 Å². The average molecular weight is 294 g/mol. The van der Waals surface area contributed by atoms with Crippen LogP contribution < -0.4 is 0 Å². The third-order valence-electron chi connectivity index (χ3n) is 3.50. The minimum Gasteiger partial charge on any atom is -0.459 e. The normalized spacial score (nSPS) is 33.7. The molecule has 1 unspecified atom stereocenters. The first-order valence-corrected chi connectivity index (χ1v) is 6.88. The zero-order valence-electron chi connectivity index (χ0n) is 11.9. The summed E-state index contributed by atoms with van der Waals surface area (Å²) in [7, 11) is 0. The number of aliphatic hydroxyl groups is 1. The summed E-state index contributed by atoms with van der Waals surface area (Å²) in [6.45, 7) is 3.46. The van der Waals surface area contributed by atoms with Gasteiger partial charge in [-0.25, -0.2) is 4.79 Å². The summed E-state index contributed by atoms with van der Waals surface area (Å²) in [6, 6.07) is 8.66. The fraction of sp³-hybridized carbons (Fsp3) is 0.533. The molecule has 0 amide bonds. The molecule has 114 valence electrons. The van der Waals surface area contributed by atoms with Crippen molar-refractivity contribution in [3.63, 3.8) is 0 Å². The fourth-order valence-corrected chi connectivity index (χ4v) is 2.51. The highest BCUT2D eigenvalue weighted by Crippen LogP contribution is 2.37. The van der Waals surface area contributed by atoms with Gasteiger partial charge in [0, 0.05) is 0 Å². The van der Waals surface area contributed by atoms with Gasteiger partial charge >= 0.3 is 5.97 Å². The van der Waals surface area contributed by atoms with Crippen molar-refractivity contribution in [2.75, 3.05) is 6.61 Å². The molecule has 0 radical (unpaired) electrons. The largest absolute Gasteiger partial charge is 0.459 e. The van der Waals surface area contributed by atoms with Crippen LogP contribution in [0.2, 0.25) is 0 Å². The molecule has 2 aliphatic rings. The molecule has 0 saturated carbocycles. The number of aliphatic hydroxyl groups excluding tert-OH is 1. The van der Waals surface area contributed by atoms with E-state index in [0.717, 1.165) is 0 Å². The standard InChI is InChI=1S/C15H18O6/c1-15(2)20-12-11(16)10(19-14(12)21-15)8-18-13(17)9-6-4-3-5-7-9/h3-7,10-12,14,16H,8H2,1-2H3/t10-,11-,12?,14+/m1/s1. The van der Waals surface area contributed by atoms with E-state index in [0.29, 0.717) is 5.56 Å². The maximum Gasteiger partial charge on any atom is 0.338 e. The number of ether oxygens (including phenoxy) is 4. The van der Waals surface area contributed by atoms with Gasteiger partial charge in [-0.15, -0.1) is 0 Å². The number of benzene rings is 1. The van der Waals surface area contributed by atoms with Gasteiger partial charge in [-0.2, -0.15) is 0 Å². The SMILES string of the molecule is CC1(C)OC2[C@@H](O[C@H](COC(=O)c3ccccc3)[C@H]2O)O1. The van der Waals surface area contributed by atoms with Crippen molar-refractivity contribution in [2.45, 2.75) is 44.2 Å². The molecule has 2 aliphatic heterocycles. The quantitative estimate of drug-likeness (QED) is 0.841. The van der Waals surface area contributed by atoms with Crippen molar-refractivity contribution in [2.24, 2.45) is 0 Å². The number of rotatable bonds is 3. The van der Waals surface area contributed by atoms with Gasteiger partial charge in [0.05, 0.1) is 5.56 Å². The van der Waals surface area contributed by atoms with Crippen LogP contribution in [0, 0.1) is 0 Å². The smallest absolute Gasteiger partial charge is 0.338 e.